The van der Waals surface area contributed by atoms with Crippen molar-refractivity contribution < 1.29 is 4.79 Å². The van der Waals surface area contributed by atoms with Gasteiger partial charge in [-0.05, 0) is 57.9 Å². The number of nitrogens with zero attached hydrogens (tertiary/aromatic N) is 1. The summed E-state index contributed by atoms with van der Waals surface area (Å²) in [7, 11) is 0. The molecule has 3 aliphatic rings. The van der Waals surface area contributed by atoms with Crippen LogP contribution < -0.4 is 11.1 Å². The van der Waals surface area contributed by atoms with E-state index in [-0.39, 0.29) is 5.92 Å². The monoisotopic (exact) mass is 265 g/mol. The maximum absolute atomic E-state index is 12.3. The second-order valence-electron chi connectivity index (χ2n) is 6.67. The van der Waals surface area contributed by atoms with E-state index in [9.17, 15) is 4.79 Å². The third-order valence-corrected chi connectivity index (χ3v) is 5.31. The Bertz CT molecular complexity index is 325. The lowest BCUT2D eigenvalue weighted by Gasteiger charge is -2.36. The SMILES string of the molecule is NC1CCC(C(=O)NC2CCN3CCCC3C2)CC1. The van der Waals surface area contributed by atoms with Crippen molar-refractivity contribution in [2.75, 3.05) is 13.1 Å². The van der Waals surface area contributed by atoms with Gasteiger partial charge in [-0.3, -0.25) is 4.79 Å². The number of nitrogens with one attached hydrogen (secondary N) is 1. The highest BCUT2D eigenvalue weighted by atomic mass is 16.1. The highest BCUT2D eigenvalue weighted by Crippen LogP contribution is 2.28. The number of hydrogen-bond acceptors (Lipinski definition) is 3. The van der Waals surface area contributed by atoms with Gasteiger partial charge in [0.1, 0.15) is 0 Å². The molecule has 0 aromatic heterocycles. The predicted octanol–water partition coefficient (Wildman–Crippen LogP) is 1.25. The number of carbonyl (C=O) groups excluding carboxylic acids is 1. The van der Waals surface area contributed by atoms with E-state index in [4.69, 9.17) is 5.73 Å². The van der Waals surface area contributed by atoms with E-state index in [1.54, 1.807) is 0 Å². The zero-order chi connectivity index (χ0) is 13.2. The molecule has 3 N–H and O–H groups in total. The summed E-state index contributed by atoms with van der Waals surface area (Å²) in [5.41, 5.74) is 5.90. The van der Waals surface area contributed by atoms with Crippen molar-refractivity contribution in [1.82, 2.24) is 10.2 Å². The van der Waals surface area contributed by atoms with Gasteiger partial charge in [-0.15, -0.1) is 0 Å². The van der Waals surface area contributed by atoms with Crippen molar-refractivity contribution in [2.45, 2.75) is 69.5 Å². The van der Waals surface area contributed by atoms with Gasteiger partial charge in [-0.2, -0.15) is 0 Å². The van der Waals surface area contributed by atoms with Gasteiger partial charge in [0, 0.05) is 30.6 Å². The molecule has 19 heavy (non-hydrogen) atoms. The highest BCUT2D eigenvalue weighted by molar-refractivity contribution is 5.79. The molecule has 2 saturated heterocycles. The molecule has 2 unspecified atom stereocenters. The summed E-state index contributed by atoms with van der Waals surface area (Å²) in [5, 5.41) is 3.31. The largest absolute Gasteiger partial charge is 0.353 e. The molecule has 1 saturated carbocycles. The fourth-order valence-electron chi connectivity index (χ4n) is 4.06. The molecule has 1 aliphatic carbocycles. The van der Waals surface area contributed by atoms with Gasteiger partial charge >= 0.3 is 0 Å². The Morgan fingerprint density at radius 2 is 1.84 bits per heavy atom. The van der Waals surface area contributed by atoms with Crippen LogP contribution in [0.4, 0.5) is 0 Å². The molecule has 2 heterocycles. The summed E-state index contributed by atoms with van der Waals surface area (Å²) in [6.45, 7) is 2.44. The Balaban J connectivity index is 1.47. The first-order valence-electron chi connectivity index (χ1n) is 8.02. The molecule has 4 heteroatoms. The standard InChI is InChI=1S/C15H27N3O/c16-12-5-3-11(4-6-12)15(19)17-13-7-9-18-8-1-2-14(18)10-13/h11-14H,1-10,16H2,(H,17,19). The summed E-state index contributed by atoms with van der Waals surface area (Å²) in [5.74, 6) is 0.518. The summed E-state index contributed by atoms with van der Waals surface area (Å²) in [6, 6.07) is 1.48. The number of amides is 1. The highest BCUT2D eigenvalue weighted by Gasteiger charge is 2.33. The van der Waals surface area contributed by atoms with Crippen molar-refractivity contribution in [3.05, 3.63) is 0 Å². The summed E-state index contributed by atoms with van der Waals surface area (Å²) in [4.78, 5) is 14.9. The number of fused-ring (bicyclic) bond motifs is 1. The average molecular weight is 265 g/mol. The molecule has 3 rings (SSSR count). The van der Waals surface area contributed by atoms with E-state index in [1.165, 1.54) is 25.9 Å². The Kier molecular flexibility index (Phi) is 4.08. The van der Waals surface area contributed by atoms with Crippen molar-refractivity contribution in [1.29, 1.82) is 0 Å². The molecular formula is C15H27N3O. The van der Waals surface area contributed by atoms with E-state index in [1.807, 2.05) is 0 Å². The molecule has 4 nitrogen and oxygen atoms in total. The number of piperidine rings is 1. The van der Waals surface area contributed by atoms with Crippen LogP contribution in [0.15, 0.2) is 0 Å². The molecule has 0 spiro atoms. The first-order valence-corrected chi connectivity index (χ1v) is 8.02. The van der Waals surface area contributed by atoms with Gasteiger partial charge in [-0.25, -0.2) is 0 Å². The Labute approximate surface area is 116 Å². The number of hydrogen-bond donors (Lipinski definition) is 2. The number of nitrogens with two attached hydrogens (primary N) is 1. The fourth-order valence-corrected chi connectivity index (χ4v) is 4.06. The third-order valence-electron chi connectivity index (χ3n) is 5.31. The summed E-state index contributed by atoms with van der Waals surface area (Å²) < 4.78 is 0. The maximum atomic E-state index is 12.3. The Morgan fingerprint density at radius 1 is 1.05 bits per heavy atom. The van der Waals surface area contributed by atoms with Gasteiger partial charge in [-0.1, -0.05) is 0 Å². The molecule has 0 aromatic carbocycles. The normalized spacial score (nSPS) is 39.8. The fraction of sp³-hybridized carbons (Fsp3) is 0.933. The van der Waals surface area contributed by atoms with E-state index >= 15 is 0 Å². The topological polar surface area (TPSA) is 58.4 Å². The predicted molar refractivity (Wildman–Crippen MR) is 75.7 cm³/mol. The van der Waals surface area contributed by atoms with E-state index < -0.39 is 0 Å². The smallest absolute Gasteiger partial charge is 0.223 e. The van der Waals surface area contributed by atoms with E-state index in [0.29, 0.717) is 18.0 Å². The summed E-state index contributed by atoms with van der Waals surface area (Å²) in [6.07, 6.45) is 8.95. The number of rotatable bonds is 2. The third kappa shape index (κ3) is 3.11. The van der Waals surface area contributed by atoms with Crippen molar-refractivity contribution >= 4 is 5.91 Å². The van der Waals surface area contributed by atoms with Crippen LogP contribution in [0.1, 0.15) is 51.4 Å². The van der Waals surface area contributed by atoms with Crippen LogP contribution in [0.2, 0.25) is 0 Å². The van der Waals surface area contributed by atoms with Gasteiger partial charge in [0.2, 0.25) is 5.91 Å². The molecule has 0 radical (unpaired) electrons. The molecule has 0 aromatic rings. The van der Waals surface area contributed by atoms with E-state index in [0.717, 1.165) is 44.6 Å². The first kappa shape index (κ1) is 13.4. The van der Waals surface area contributed by atoms with Crippen LogP contribution in [0, 0.1) is 5.92 Å². The molecule has 3 fully saturated rings. The molecule has 2 aliphatic heterocycles. The van der Waals surface area contributed by atoms with Crippen LogP contribution in [0.25, 0.3) is 0 Å². The summed E-state index contributed by atoms with van der Waals surface area (Å²) >= 11 is 0. The molecule has 0 bridgehead atoms. The van der Waals surface area contributed by atoms with Crippen LogP contribution in [0.5, 0.6) is 0 Å². The lowest BCUT2D eigenvalue weighted by Crippen LogP contribution is -2.49. The van der Waals surface area contributed by atoms with Crippen LogP contribution in [0.3, 0.4) is 0 Å². The minimum absolute atomic E-state index is 0.224. The van der Waals surface area contributed by atoms with Crippen molar-refractivity contribution in [3.63, 3.8) is 0 Å². The molecular weight excluding hydrogens is 238 g/mol. The second kappa shape index (κ2) is 5.80. The zero-order valence-electron chi connectivity index (χ0n) is 11.8. The van der Waals surface area contributed by atoms with Crippen LogP contribution >= 0.6 is 0 Å². The van der Waals surface area contributed by atoms with Crippen LogP contribution in [-0.4, -0.2) is 42.0 Å². The van der Waals surface area contributed by atoms with Crippen molar-refractivity contribution in [3.8, 4) is 0 Å². The minimum Gasteiger partial charge on any atom is -0.353 e. The van der Waals surface area contributed by atoms with Crippen molar-refractivity contribution in [2.24, 2.45) is 11.7 Å². The molecule has 1 amide bonds. The van der Waals surface area contributed by atoms with Crippen LogP contribution in [-0.2, 0) is 4.79 Å². The minimum atomic E-state index is 0.224. The van der Waals surface area contributed by atoms with Gasteiger partial charge in [0.25, 0.3) is 0 Å². The maximum Gasteiger partial charge on any atom is 0.223 e. The molecule has 108 valence electrons. The lowest BCUT2D eigenvalue weighted by atomic mass is 9.85. The van der Waals surface area contributed by atoms with Gasteiger partial charge < -0.3 is 16.0 Å². The second-order valence-corrected chi connectivity index (χ2v) is 6.67. The van der Waals surface area contributed by atoms with Gasteiger partial charge in [0.15, 0.2) is 0 Å². The zero-order valence-corrected chi connectivity index (χ0v) is 11.8. The van der Waals surface area contributed by atoms with E-state index in [2.05, 4.69) is 10.2 Å². The molecule has 2 atom stereocenters. The average Bonchev–Trinajstić information content (AvgIpc) is 2.87. The number of carbonyl (C=O) groups is 1. The Hall–Kier alpha value is -0.610. The first-order chi connectivity index (χ1) is 9.22. The lowest BCUT2D eigenvalue weighted by molar-refractivity contribution is -0.127. The quantitative estimate of drug-likeness (QED) is 0.790. The van der Waals surface area contributed by atoms with Gasteiger partial charge in [0.05, 0.1) is 0 Å². The Morgan fingerprint density at radius 3 is 2.63 bits per heavy atom.